The van der Waals surface area contributed by atoms with Gasteiger partial charge in [0.1, 0.15) is 5.75 Å². The number of nitrogens with zero attached hydrogens (tertiary/aromatic N) is 3. The fourth-order valence-corrected chi connectivity index (χ4v) is 4.40. The first-order valence-corrected chi connectivity index (χ1v) is 13.2. The molecule has 0 spiro atoms. The Balaban J connectivity index is 1.26. The molecule has 0 radical (unpaired) electrons. The highest BCUT2D eigenvalue weighted by atomic mass is 16.5. The van der Waals surface area contributed by atoms with Gasteiger partial charge in [-0.25, -0.2) is 4.98 Å². The van der Waals surface area contributed by atoms with E-state index >= 15 is 0 Å². The summed E-state index contributed by atoms with van der Waals surface area (Å²) in [6.07, 6.45) is 7.09. The van der Waals surface area contributed by atoms with E-state index in [0.717, 1.165) is 36.5 Å². The number of nitrogens with one attached hydrogen (secondary N) is 3. The van der Waals surface area contributed by atoms with E-state index in [4.69, 9.17) is 4.74 Å². The van der Waals surface area contributed by atoms with Crippen molar-refractivity contribution < 1.29 is 9.53 Å². The number of aliphatic imine (C=N–C) groups is 1. The van der Waals surface area contributed by atoms with Crippen molar-refractivity contribution in [3.8, 4) is 5.75 Å². The Labute approximate surface area is 219 Å². The van der Waals surface area contributed by atoms with Crippen LogP contribution in [0.25, 0.3) is 0 Å². The molecule has 1 fully saturated rings. The Bertz CT molecular complexity index is 1140. The van der Waals surface area contributed by atoms with Gasteiger partial charge in [0, 0.05) is 43.7 Å². The lowest BCUT2D eigenvalue weighted by atomic mass is 10.1. The molecule has 196 valence electrons. The van der Waals surface area contributed by atoms with Crippen molar-refractivity contribution in [2.24, 2.45) is 4.99 Å². The smallest absolute Gasteiger partial charge is 0.257 e. The third kappa shape index (κ3) is 8.75. The molecule has 1 aliphatic heterocycles. The summed E-state index contributed by atoms with van der Waals surface area (Å²) in [7, 11) is 0. The SMILES string of the molecule is Cc1[nH]cnc1CCNC(=NCCCOc1cccc(CN2CCCCC2)c1)NC(=O)c1ccccc1. The second-order valence-electron chi connectivity index (χ2n) is 9.39. The zero-order valence-corrected chi connectivity index (χ0v) is 21.7. The van der Waals surface area contributed by atoms with Crippen LogP contribution < -0.4 is 15.4 Å². The number of aromatic nitrogens is 2. The van der Waals surface area contributed by atoms with Crippen LogP contribution in [0.3, 0.4) is 0 Å². The predicted octanol–water partition coefficient (Wildman–Crippen LogP) is 4.09. The number of rotatable bonds is 11. The Hall–Kier alpha value is -3.65. The van der Waals surface area contributed by atoms with Gasteiger partial charge in [-0.15, -0.1) is 0 Å². The number of guanidine groups is 1. The maximum absolute atomic E-state index is 12.7. The molecular weight excluding hydrogens is 464 g/mol. The molecule has 0 saturated carbocycles. The van der Waals surface area contributed by atoms with Crippen LogP contribution in [0, 0.1) is 6.92 Å². The third-order valence-electron chi connectivity index (χ3n) is 6.45. The Kier molecular flexibility index (Phi) is 10.1. The number of carbonyl (C=O) groups excluding carboxylic acids is 1. The maximum atomic E-state index is 12.7. The van der Waals surface area contributed by atoms with Crippen LogP contribution in [0.4, 0.5) is 0 Å². The highest BCUT2D eigenvalue weighted by molar-refractivity contribution is 6.05. The number of carbonyl (C=O) groups is 1. The number of likely N-dealkylation sites (tertiary alicyclic amines) is 1. The van der Waals surface area contributed by atoms with Crippen LogP contribution in [-0.4, -0.2) is 59.5 Å². The van der Waals surface area contributed by atoms with E-state index < -0.39 is 0 Å². The minimum absolute atomic E-state index is 0.190. The van der Waals surface area contributed by atoms with Gasteiger partial charge in [0.05, 0.1) is 18.6 Å². The van der Waals surface area contributed by atoms with Crippen molar-refractivity contribution in [2.75, 3.05) is 32.8 Å². The Morgan fingerprint density at radius 2 is 1.95 bits per heavy atom. The average Bonchev–Trinajstić information content (AvgIpc) is 3.34. The lowest BCUT2D eigenvalue weighted by Crippen LogP contribution is -2.42. The molecule has 0 atom stereocenters. The molecule has 1 aromatic heterocycles. The molecule has 2 aromatic carbocycles. The van der Waals surface area contributed by atoms with Crippen molar-refractivity contribution in [1.82, 2.24) is 25.5 Å². The standard InChI is InChI=1S/C29H38N6O2/c1-23-27(33-22-32-23)14-16-31-29(34-28(36)25-11-4-2-5-12-25)30-15-9-19-37-26-13-8-10-24(20-26)21-35-17-6-3-7-18-35/h2,4-5,8,10-13,20,22H,3,6-7,9,14-19,21H2,1H3,(H,32,33)(H2,30,31,34,36). The minimum Gasteiger partial charge on any atom is -0.494 e. The molecule has 0 bridgehead atoms. The number of ether oxygens (including phenoxy) is 1. The van der Waals surface area contributed by atoms with E-state index in [-0.39, 0.29) is 5.91 Å². The molecule has 1 aliphatic rings. The van der Waals surface area contributed by atoms with Gasteiger partial charge in [0.15, 0.2) is 5.96 Å². The zero-order valence-electron chi connectivity index (χ0n) is 21.7. The van der Waals surface area contributed by atoms with Gasteiger partial charge >= 0.3 is 0 Å². The molecule has 3 aromatic rings. The number of piperidine rings is 1. The number of hydrogen-bond acceptors (Lipinski definition) is 5. The van der Waals surface area contributed by atoms with Crippen molar-refractivity contribution in [2.45, 2.75) is 45.6 Å². The van der Waals surface area contributed by atoms with Crippen molar-refractivity contribution in [3.05, 3.63) is 83.4 Å². The van der Waals surface area contributed by atoms with E-state index in [0.29, 0.717) is 31.2 Å². The lowest BCUT2D eigenvalue weighted by molar-refractivity contribution is 0.0975. The van der Waals surface area contributed by atoms with Crippen LogP contribution in [-0.2, 0) is 13.0 Å². The van der Waals surface area contributed by atoms with Crippen molar-refractivity contribution in [1.29, 1.82) is 0 Å². The van der Waals surface area contributed by atoms with E-state index in [1.807, 2.05) is 31.2 Å². The first-order chi connectivity index (χ1) is 18.2. The topological polar surface area (TPSA) is 94.6 Å². The van der Waals surface area contributed by atoms with E-state index in [1.165, 1.54) is 37.9 Å². The Morgan fingerprint density at radius 3 is 2.73 bits per heavy atom. The molecule has 4 rings (SSSR count). The van der Waals surface area contributed by atoms with Crippen LogP contribution in [0.2, 0.25) is 0 Å². The number of hydrogen-bond donors (Lipinski definition) is 3. The molecule has 2 heterocycles. The van der Waals surface area contributed by atoms with Crippen molar-refractivity contribution >= 4 is 11.9 Å². The van der Waals surface area contributed by atoms with E-state index in [2.05, 4.69) is 48.7 Å². The van der Waals surface area contributed by atoms with Gasteiger partial charge in [-0.1, -0.05) is 36.8 Å². The summed E-state index contributed by atoms with van der Waals surface area (Å²) in [5.74, 6) is 1.17. The largest absolute Gasteiger partial charge is 0.494 e. The summed E-state index contributed by atoms with van der Waals surface area (Å²) in [6.45, 7) is 7.05. The highest BCUT2D eigenvalue weighted by Crippen LogP contribution is 2.17. The zero-order chi connectivity index (χ0) is 25.7. The normalized spacial score (nSPS) is 14.4. The number of aromatic amines is 1. The number of amides is 1. The quantitative estimate of drug-likeness (QED) is 0.209. The van der Waals surface area contributed by atoms with Crippen LogP contribution in [0.15, 0.2) is 65.9 Å². The summed E-state index contributed by atoms with van der Waals surface area (Å²) in [4.78, 5) is 27.2. The fraction of sp³-hybridized carbons (Fsp3) is 0.414. The van der Waals surface area contributed by atoms with Gasteiger partial charge in [0.2, 0.25) is 0 Å². The predicted molar refractivity (Wildman–Crippen MR) is 147 cm³/mol. The van der Waals surface area contributed by atoms with Crippen LogP contribution in [0.1, 0.15) is 53.0 Å². The number of benzene rings is 2. The van der Waals surface area contributed by atoms with Gasteiger partial charge in [0.25, 0.3) is 5.91 Å². The van der Waals surface area contributed by atoms with Gasteiger partial charge in [-0.2, -0.15) is 0 Å². The molecule has 0 unspecified atom stereocenters. The second kappa shape index (κ2) is 14.2. The number of imidazole rings is 1. The summed E-state index contributed by atoms with van der Waals surface area (Å²) < 4.78 is 6.00. The third-order valence-corrected chi connectivity index (χ3v) is 6.45. The highest BCUT2D eigenvalue weighted by Gasteiger charge is 2.11. The van der Waals surface area contributed by atoms with Crippen LogP contribution in [0.5, 0.6) is 5.75 Å². The molecule has 8 nitrogen and oxygen atoms in total. The van der Waals surface area contributed by atoms with Crippen molar-refractivity contribution in [3.63, 3.8) is 0 Å². The molecular formula is C29H38N6O2. The lowest BCUT2D eigenvalue weighted by Gasteiger charge is -2.26. The number of H-pyrrole nitrogens is 1. The maximum Gasteiger partial charge on any atom is 0.257 e. The summed E-state index contributed by atoms with van der Waals surface area (Å²) in [5, 5.41) is 6.17. The monoisotopic (exact) mass is 502 g/mol. The summed E-state index contributed by atoms with van der Waals surface area (Å²) in [5.41, 5.74) is 3.93. The molecule has 37 heavy (non-hydrogen) atoms. The molecule has 8 heteroatoms. The van der Waals surface area contributed by atoms with Gasteiger partial charge < -0.3 is 15.0 Å². The first kappa shape index (κ1) is 26.4. The number of aryl methyl sites for hydroxylation is 1. The Morgan fingerprint density at radius 1 is 1.11 bits per heavy atom. The molecule has 1 amide bonds. The van der Waals surface area contributed by atoms with E-state index in [1.54, 1.807) is 18.5 Å². The molecule has 3 N–H and O–H groups in total. The fourth-order valence-electron chi connectivity index (χ4n) is 4.40. The summed E-state index contributed by atoms with van der Waals surface area (Å²) >= 11 is 0. The van der Waals surface area contributed by atoms with Gasteiger partial charge in [-0.3, -0.25) is 20.0 Å². The molecule has 0 aliphatic carbocycles. The summed E-state index contributed by atoms with van der Waals surface area (Å²) in [6, 6.07) is 17.5. The minimum atomic E-state index is -0.190. The van der Waals surface area contributed by atoms with Gasteiger partial charge in [-0.05, 0) is 62.7 Å². The second-order valence-corrected chi connectivity index (χ2v) is 9.39. The molecule has 1 saturated heterocycles. The van der Waals surface area contributed by atoms with Crippen LogP contribution >= 0.6 is 0 Å². The first-order valence-electron chi connectivity index (χ1n) is 13.2. The van der Waals surface area contributed by atoms with E-state index in [9.17, 15) is 4.79 Å². The average molecular weight is 503 g/mol.